The smallest absolute Gasteiger partial charge is 0.251 e. The fraction of sp³-hybridized carbons (Fsp3) is 0.188. The number of halogens is 1. The van der Waals surface area contributed by atoms with Crippen LogP contribution in [0.25, 0.3) is 0 Å². The fourth-order valence-electron chi connectivity index (χ4n) is 1.89. The van der Waals surface area contributed by atoms with Gasteiger partial charge >= 0.3 is 0 Å². The highest BCUT2D eigenvalue weighted by Gasteiger charge is 2.23. The van der Waals surface area contributed by atoms with Crippen molar-refractivity contribution < 1.29 is 9.18 Å². The normalized spacial score (nSPS) is 11.1. The van der Waals surface area contributed by atoms with Crippen LogP contribution in [0, 0.1) is 5.82 Å². The zero-order chi connectivity index (χ0) is 13.9. The summed E-state index contributed by atoms with van der Waals surface area (Å²) in [5, 5.41) is 2.91. The molecule has 0 saturated heterocycles. The molecule has 2 nitrogen and oxygen atoms in total. The van der Waals surface area contributed by atoms with E-state index in [9.17, 15) is 9.18 Å². The lowest BCUT2D eigenvalue weighted by Crippen LogP contribution is -2.41. The first kappa shape index (κ1) is 13.3. The van der Waals surface area contributed by atoms with E-state index in [4.69, 9.17) is 0 Å². The molecule has 2 aromatic rings. The van der Waals surface area contributed by atoms with E-state index in [0.29, 0.717) is 5.56 Å². The van der Waals surface area contributed by atoms with Crippen LogP contribution in [0.5, 0.6) is 0 Å². The molecule has 3 heteroatoms. The molecule has 0 aliphatic rings. The molecule has 0 radical (unpaired) electrons. The van der Waals surface area contributed by atoms with Crippen molar-refractivity contribution in [3.63, 3.8) is 0 Å². The Morgan fingerprint density at radius 2 is 1.74 bits per heavy atom. The molecule has 0 heterocycles. The Labute approximate surface area is 112 Å². The first-order chi connectivity index (χ1) is 8.99. The molecule has 0 saturated carbocycles. The molecular formula is C16H16FNO. The van der Waals surface area contributed by atoms with Crippen LogP contribution in [0.1, 0.15) is 29.8 Å². The number of rotatable bonds is 3. The van der Waals surface area contributed by atoms with E-state index in [-0.39, 0.29) is 11.7 Å². The highest BCUT2D eigenvalue weighted by molar-refractivity contribution is 5.94. The van der Waals surface area contributed by atoms with Gasteiger partial charge in [0.1, 0.15) is 5.82 Å². The Bertz CT molecular complexity index is 578. The molecule has 0 unspecified atom stereocenters. The summed E-state index contributed by atoms with van der Waals surface area (Å²) >= 11 is 0. The molecule has 0 aliphatic heterocycles. The largest absolute Gasteiger partial charge is 0.343 e. The Kier molecular flexibility index (Phi) is 3.65. The van der Waals surface area contributed by atoms with Crippen molar-refractivity contribution in [3.05, 3.63) is 71.5 Å². The van der Waals surface area contributed by atoms with Gasteiger partial charge in [0.25, 0.3) is 5.91 Å². The van der Waals surface area contributed by atoms with Gasteiger partial charge in [0.15, 0.2) is 0 Å². The summed E-state index contributed by atoms with van der Waals surface area (Å²) in [6.07, 6.45) is 0. The maximum absolute atomic E-state index is 13.2. The number of carbonyl (C=O) groups is 1. The lowest BCUT2D eigenvalue weighted by molar-refractivity contribution is 0.0912. The Balaban J connectivity index is 2.20. The van der Waals surface area contributed by atoms with Gasteiger partial charge in [-0.3, -0.25) is 4.79 Å². The van der Waals surface area contributed by atoms with Crippen molar-refractivity contribution in [1.82, 2.24) is 5.32 Å². The van der Waals surface area contributed by atoms with E-state index in [0.717, 1.165) is 5.56 Å². The van der Waals surface area contributed by atoms with Gasteiger partial charge < -0.3 is 5.32 Å². The molecule has 0 fully saturated rings. The van der Waals surface area contributed by atoms with Crippen LogP contribution in [0.15, 0.2) is 54.6 Å². The molecule has 0 aromatic heterocycles. The minimum absolute atomic E-state index is 0.171. The average Bonchev–Trinajstić information content (AvgIpc) is 2.39. The molecule has 1 amide bonds. The van der Waals surface area contributed by atoms with E-state index in [2.05, 4.69) is 5.32 Å². The minimum atomic E-state index is -0.630. The average molecular weight is 257 g/mol. The summed E-state index contributed by atoms with van der Waals surface area (Å²) in [5.41, 5.74) is 0.693. The maximum atomic E-state index is 13.2. The van der Waals surface area contributed by atoms with Crippen LogP contribution in [0.3, 0.4) is 0 Å². The number of amides is 1. The second-order valence-electron chi connectivity index (χ2n) is 4.96. The van der Waals surface area contributed by atoms with Crippen LogP contribution >= 0.6 is 0 Å². The van der Waals surface area contributed by atoms with Crippen molar-refractivity contribution in [2.45, 2.75) is 19.4 Å². The van der Waals surface area contributed by atoms with E-state index < -0.39 is 5.54 Å². The first-order valence-electron chi connectivity index (χ1n) is 6.13. The van der Waals surface area contributed by atoms with E-state index in [1.54, 1.807) is 24.3 Å². The molecule has 1 N–H and O–H groups in total. The van der Waals surface area contributed by atoms with Crippen LogP contribution in [-0.2, 0) is 5.54 Å². The molecule has 0 aliphatic carbocycles. The SMILES string of the molecule is CC(C)(NC(=O)c1ccccc1)c1cccc(F)c1. The van der Waals surface area contributed by atoms with E-state index in [1.165, 1.54) is 12.1 Å². The van der Waals surface area contributed by atoms with Gasteiger partial charge in [-0.1, -0.05) is 30.3 Å². The molecule has 19 heavy (non-hydrogen) atoms. The lowest BCUT2D eigenvalue weighted by atomic mass is 9.93. The van der Waals surface area contributed by atoms with Crippen molar-refractivity contribution in [2.24, 2.45) is 0 Å². The Morgan fingerprint density at radius 1 is 1.05 bits per heavy atom. The van der Waals surface area contributed by atoms with Crippen LogP contribution in [0.2, 0.25) is 0 Å². The van der Waals surface area contributed by atoms with Crippen LogP contribution in [-0.4, -0.2) is 5.91 Å². The first-order valence-corrected chi connectivity index (χ1v) is 6.13. The highest BCUT2D eigenvalue weighted by Crippen LogP contribution is 2.21. The summed E-state index contributed by atoms with van der Waals surface area (Å²) in [6.45, 7) is 3.70. The summed E-state index contributed by atoms with van der Waals surface area (Å²) in [6, 6.07) is 15.2. The Morgan fingerprint density at radius 3 is 2.37 bits per heavy atom. The maximum Gasteiger partial charge on any atom is 0.251 e. The summed E-state index contributed by atoms with van der Waals surface area (Å²) in [5.74, 6) is -0.477. The monoisotopic (exact) mass is 257 g/mol. The second kappa shape index (κ2) is 5.22. The topological polar surface area (TPSA) is 29.1 Å². The second-order valence-corrected chi connectivity index (χ2v) is 4.96. The molecule has 2 rings (SSSR count). The molecular weight excluding hydrogens is 241 g/mol. The van der Waals surface area contributed by atoms with Gasteiger partial charge in [0.2, 0.25) is 0 Å². The Hall–Kier alpha value is -2.16. The van der Waals surface area contributed by atoms with Crippen LogP contribution in [0.4, 0.5) is 4.39 Å². The van der Waals surface area contributed by atoms with Gasteiger partial charge in [-0.25, -0.2) is 4.39 Å². The van der Waals surface area contributed by atoms with Gasteiger partial charge in [-0.05, 0) is 43.7 Å². The standard InChI is InChI=1S/C16H16FNO/c1-16(2,13-9-6-10-14(17)11-13)18-15(19)12-7-4-3-5-8-12/h3-11H,1-2H3,(H,18,19). The fourth-order valence-corrected chi connectivity index (χ4v) is 1.89. The van der Waals surface area contributed by atoms with Gasteiger partial charge in [0.05, 0.1) is 5.54 Å². The molecule has 0 atom stereocenters. The number of carbonyl (C=O) groups excluding carboxylic acids is 1. The van der Waals surface area contributed by atoms with Crippen molar-refractivity contribution in [1.29, 1.82) is 0 Å². The highest BCUT2D eigenvalue weighted by atomic mass is 19.1. The third-order valence-electron chi connectivity index (χ3n) is 3.01. The lowest BCUT2D eigenvalue weighted by Gasteiger charge is -2.27. The zero-order valence-corrected chi connectivity index (χ0v) is 11.0. The summed E-state index contributed by atoms with van der Waals surface area (Å²) in [4.78, 5) is 12.1. The van der Waals surface area contributed by atoms with Crippen molar-refractivity contribution >= 4 is 5.91 Å². The van der Waals surface area contributed by atoms with Gasteiger partial charge in [-0.15, -0.1) is 0 Å². The van der Waals surface area contributed by atoms with Crippen molar-refractivity contribution in [2.75, 3.05) is 0 Å². The number of hydrogen-bond donors (Lipinski definition) is 1. The summed E-state index contributed by atoms with van der Waals surface area (Å²) in [7, 11) is 0. The molecule has 2 aromatic carbocycles. The minimum Gasteiger partial charge on any atom is -0.343 e. The number of hydrogen-bond acceptors (Lipinski definition) is 1. The summed E-state index contributed by atoms with van der Waals surface area (Å²) < 4.78 is 13.2. The number of benzene rings is 2. The zero-order valence-electron chi connectivity index (χ0n) is 11.0. The number of nitrogens with one attached hydrogen (secondary N) is 1. The predicted octanol–water partition coefficient (Wildman–Crippen LogP) is 3.49. The quantitative estimate of drug-likeness (QED) is 0.896. The predicted molar refractivity (Wildman–Crippen MR) is 73.3 cm³/mol. The molecule has 98 valence electrons. The van der Waals surface area contributed by atoms with Gasteiger partial charge in [-0.2, -0.15) is 0 Å². The van der Waals surface area contributed by atoms with Crippen LogP contribution < -0.4 is 5.32 Å². The van der Waals surface area contributed by atoms with Gasteiger partial charge in [0, 0.05) is 5.56 Å². The third-order valence-corrected chi connectivity index (χ3v) is 3.01. The molecule has 0 spiro atoms. The van der Waals surface area contributed by atoms with E-state index in [1.807, 2.05) is 32.0 Å². The molecule has 0 bridgehead atoms. The third kappa shape index (κ3) is 3.19. The van der Waals surface area contributed by atoms with Crippen molar-refractivity contribution in [3.8, 4) is 0 Å². The van der Waals surface area contributed by atoms with E-state index >= 15 is 0 Å².